The van der Waals surface area contributed by atoms with Crippen LogP contribution in [0.2, 0.25) is 0 Å². The normalized spacial score (nSPS) is 10.9. The van der Waals surface area contributed by atoms with Gasteiger partial charge >= 0.3 is 0 Å². The van der Waals surface area contributed by atoms with Crippen LogP contribution in [0.4, 0.5) is 0 Å². The first-order valence-electron chi connectivity index (χ1n) is 6.01. The van der Waals surface area contributed by atoms with Crippen molar-refractivity contribution in [2.45, 2.75) is 39.5 Å². The number of ketones is 1. The van der Waals surface area contributed by atoms with Gasteiger partial charge in [-0.05, 0) is 25.8 Å². The Bertz CT molecular complexity index is 346. The third-order valence-corrected chi connectivity index (χ3v) is 2.58. The average molecular weight is 216 g/mol. The summed E-state index contributed by atoms with van der Waals surface area (Å²) in [6, 6.07) is 7.71. The summed E-state index contributed by atoms with van der Waals surface area (Å²) in [5.41, 5.74) is 1.96. The topological polar surface area (TPSA) is 17.1 Å². The van der Waals surface area contributed by atoms with Crippen LogP contribution >= 0.6 is 0 Å². The van der Waals surface area contributed by atoms with Crippen molar-refractivity contribution in [3.63, 3.8) is 0 Å². The lowest BCUT2D eigenvalue weighted by molar-refractivity contribution is 0.104. The van der Waals surface area contributed by atoms with Gasteiger partial charge in [0, 0.05) is 5.56 Å². The van der Waals surface area contributed by atoms with Gasteiger partial charge in [-0.15, -0.1) is 0 Å². The summed E-state index contributed by atoms with van der Waals surface area (Å²) in [7, 11) is 0. The Hall–Kier alpha value is -1.37. The second kappa shape index (κ2) is 7.00. The molecule has 1 rings (SSSR count). The number of unbranched alkanes of at least 4 members (excludes halogenated alkanes) is 3. The first-order valence-corrected chi connectivity index (χ1v) is 6.01. The summed E-state index contributed by atoms with van der Waals surface area (Å²) < 4.78 is 0. The summed E-state index contributed by atoms with van der Waals surface area (Å²) in [6.45, 7) is 4.20. The Balaban J connectivity index is 2.43. The maximum Gasteiger partial charge on any atom is 0.185 e. The number of carbonyl (C=O) groups is 1. The molecule has 0 amide bonds. The monoisotopic (exact) mass is 216 g/mol. The van der Waals surface area contributed by atoms with Crippen molar-refractivity contribution in [1.82, 2.24) is 0 Å². The molecule has 0 heterocycles. The molecule has 1 heteroatoms. The molecular formula is C15H20O. The van der Waals surface area contributed by atoms with Gasteiger partial charge in [0.2, 0.25) is 0 Å². The standard InChI is InChI=1S/C15H20O/c1-3-4-5-6-7-8-15(16)14-11-9-13(2)10-12-14/h7-12H,3-6H2,1-2H3/b8-7+. The first-order chi connectivity index (χ1) is 7.74. The number of carbonyl (C=O) groups excluding carboxylic acids is 1. The van der Waals surface area contributed by atoms with Gasteiger partial charge in [0.25, 0.3) is 0 Å². The molecule has 0 radical (unpaired) electrons. The van der Waals surface area contributed by atoms with Crippen LogP contribution in [0.1, 0.15) is 48.5 Å². The Morgan fingerprint density at radius 1 is 1.19 bits per heavy atom. The third-order valence-electron chi connectivity index (χ3n) is 2.58. The maximum atomic E-state index is 11.7. The Kier molecular flexibility index (Phi) is 5.55. The van der Waals surface area contributed by atoms with Crippen LogP contribution in [0.3, 0.4) is 0 Å². The SMILES string of the molecule is CCCCC/C=C/C(=O)c1ccc(C)cc1. The van der Waals surface area contributed by atoms with E-state index in [-0.39, 0.29) is 5.78 Å². The van der Waals surface area contributed by atoms with Gasteiger partial charge < -0.3 is 0 Å². The lowest BCUT2D eigenvalue weighted by atomic mass is 10.1. The molecule has 0 aliphatic carbocycles. The molecule has 0 fully saturated rings. The largest absolute Gasteiger partial charge is 0.289 e. The zero-order valence-electron chi connectivity index (χ0n) is 10.2. The summed E-state index contributed by atoms with van der Waals surface area (Å²) in [5.74, 6) is 0.108. The minimum Gasteiger partial charge on any atom is -0.289 e. The number of hydrogen-bond acceptors (Lipinski definition) is 1. The fourth-order valence-corrected chi connectivity index (χ4v) is 1.52. The summed E-state index contributed by atoms with van der Waals surface area (Å²) in [5, 5.41) is 0. The highest BCUT2D eigenvalue weighted by Crippen LogP contribution is 2.06. The molecule has 0 aliphatic heterocycles. The van der Waals surface area contributed by atoms with E-state index in [1.54, 1.807) is 6.08 Å². The predicted molar refractivity (Wildman–Crippen MR) is 68.8 cm³/mol. The van der Waals surface area contributed by atoms with Crippen molar-refractivity contribution in [2.75, 3.05) is 0 Å². The highest BCUT2D eigenvalue weighted by molar-refractivity contribution is 6.04. The summed E-state index contributed by atoms with van der Waals surface area (Å²) in [4.78, 5) is 11.7. The fraction of sp³-hybridized carbons (Fsp3) is 0.400. The Labute approximate surface area is 98.2 Å². The van der Waals surface area contributed by atoms with E-state index in [0.29, 0.717) is 0 Å². The van der Waals surface area contributed by atoms with E-state index in [0.717, 1.165) is 12.0 Å². The van der Waals surface area contributed by atoms with Gasteiger partial charge in [-0.3, -0.25) is 4.79 Å². The Morgan fingerprint density at radius 2 is 1.88 bits per heavy atom. The molecule has 0 saturated carbocycles. The van der Waals surface area contributed by atoms with E-state index >= 15 is 0 Å². The van der Waals surface area contributed by atoms with Crippen LogP contribution in [-0.2, 0) is 0 Å². The van der Waals surface area contributed by atoms with Crippen molar-refractivity contribution in [3.05, 3.63) is 47.5 Å². The van der Waals surface area contributed by atoms with E-state index in [2.05, 4.69) is 6.92 Å². The summed E-state index contributed by atoms with van der Waals surface area (Å²) >= 11 is 0. The Morgan fingerprint density at radius 3 is 2.50 bits per heavy atom. The molecule has 1 nitrogen and oxygen atoms in total. The maximum absolute atomic E-state index is 11.7. The van der Waals surface area contributed by atoms with Crippen LogP contribution in [0.5, 0.6) is 0 Å². The van der Waals surface area contributed by atoms with Gasteiger partial charge in [-0.25, -0.2) is 0 Å². The van der Waals surface area contributed by atoms with Crippen molar-refractivity contribution >= 4 is 5.78 Å². The third kappa shape index (κ3) is 4.43. The van der Waals surface area contributed by atoms with Gasteiger partial charge in [0.15, 0.2) is 5.78 Å². The number of allylic oxidation sites excluding steroid dienone is 2. The van der Waals surface area contributed by atoms with E-state index in [1.165, 1.54) is 24.8 Å². The molecule has 0 aliphatic rings. The molecule has 0 atom stereocenters. The smallest absolute Gasteiger partial charge is 0.185 e. The van der Waals surface area contributed by atoms with E-state index < -0.39 is 0 Å². The number of hydrogen-bond donors (Lipinski definition) is 0. The molecule has 0 bridgehead atoms. The van der Waals surface area contributed by atoms with Crippen molar-refractivity contribution < 1.29 is 4.79 Å². The molecule has 0 aromatic heterocycles. The fourth-order valence-electron chi connectivity index (χ4n) is 1.52. The quantitative estimate of drug-likeness (QED) is 0.393. The second-order valence-corrected chi connectivity index (χ2v) is 4.13. The highest BCUT2D eigenvalue weighted by atomic mass is 16.1. The van der Waals surface area contributed by atoms with E-state index in [4.69, 9.17) is 0 Å². The minimum atomic E-state index is 0.108. The molecule has 16 heavy (non-hydrogen) atoms. The molecule has 0 saturated heterocycles. The van der Waals surface area contributed by atoms with Crippen LogP contribution in [-0.4, -0.2) is 5.78 Å². The molecule has 0 unspecified atom stereocenters. The van der Waals surface area contributed by atoms with Crippen LogP contribution in [0.15, 0.2) is 36.4 Å². The van der Waals surface area contributed by atoms with Gasteiger partial charge in [-0.2, -0.15) is 0 Å². The van der Waals surface area contributed by atoms with E-state index in [9.17, 15) is 4.79 Å². The van der Waals surface area contributed by atoms with Crippen LogP contribution < -0.4 is 0 Å². The van der Waals surface area contributed by atoms with E-state index in [1.807, 2.05) is 37.3 Å². The predicted octanol–water partition coefficient (Wildman–Crippen LogP) is 4.31. The highest BCUT2D eigenvalue weighted by Gasteiger charge is 1.99. The molecule has 1 aromatic rings. The molecule has 86 valence electrons. The van der Waals surface area contributed by atoms with Gasteiger partial charge in [-0.1, -0.05) is 55.7 Å². The van der Waals surface area contributed by atoms with Crippen LogP contribution in [0, 0.1) is 6.92 Å². The lowest BCUT2D eigenvalue weighted by Gasteiger charge is -1.96. The zero-order chi connectivity index (χ0) is 11.8. The zero-order valence-corrected chi connectivity index (χ0v) is 10.2. The molecular weight excluding hydrogens is 196 g/mol. The number of benzene rings is 1. The van der Waals surface area contributed by atoms with Crippen molar-refractivity contribution in [1.29, 1.82) is 0 Å². The number of aryl methyl sites for hydroxylation is 1. The molecule has 0 spiro atoms. The number of rotatable bonds is 6. The average Bonchev–Trinajstić information content (AvgIpc) is 2.29. The summed E-state index contributed by atoms with van der Waals surface area (Å²) in [6.07, 6.45) is 8.32. The van der Waals surface area contributed by atoms with Crippen molar-refractivity contribution in [3.8, 4) is 0 Å². The van der Waals surface area contributed by atoms with Crippen molar-refractivity contribution in [2.24, 2.45) is 0 Å². The minimum absolute atomic E-state index is 0.108. The molecule has 0 N–H and O–H groups in total. The van der Waals surface area contributed by atoms with Crippen LogP contribution in [0.25, 0.3) is 0 Å². The van der Waals surface area contributed by atoms with Gasteiger partial charge in [0.1, 0.15) is 0 Å². The lowest BCUT2D eigenvalue weighted by Crippen LogP contribution is -1.93. The second-order valence-electron chi connectivity index (χ2n) is 4.13. The first kappa shape index (κ1) is 12.7. The van der Waals surface area contributed by atoms with Gasteiger partial charge in [0.05, 0.1) is 0 Å². The molecule has 1 aromatic carbocycles.